The molecule has 2 aromatic heterocycles. The van der Waals surface area contributed by atoms with E-state index in [0.717, 1.165) is 41.5 Å². The van der Waals surface area contributed by atoms with Crippen LogP contribution in [0.15, 0.2) is 0 Å². The standard InChI is InChI=1S/C18H28N4OS/c1-12(2)22(9-10-23)17-16-13(3)14(4)24-18(16)20-15(19-17)11-21-7-5-6-8-21/h12,23H,5-11H2,1-4H3. The number of rotatable bonds is 6. The smallest absolute Gasteiger partial charge is 0.146 e. The SMILES string of the molecule is Cc1sc2nc(CN3CCCC3)nc(N(CCO)C(C)C)c2c1C. The molecule has 6 heteroatoms. The van der Waals surface area contributed by atoms with Crippen LogP contribution in [0.5, 0.6) is 0 Å². The number of hydrogen-bond donors (Lipinski definition) is 1. The summed E-state index contributed by atoms with van der Waals surface area (Å²) in [5.41, 5.74) is 1.27. The second-order valence-corrected chi connectivity index (χ2v) is 8.12. The number of fused-ring (bicyclic) bond motifs is 1. The second-order valence-electron chi connectivity index (χ2n) is 6.92. The van der Waals surface area contributed by atoms with Crippen molar-refractivity contribution in [2.45, 2.75) is 53.1 Å². The fourth-order valence-corrected chi connectivity index (χ4v) is 4.45. The number of aliphatic hydroxyl groups excluding tert-OH is 1. The Morgan fingerprint density at radius 1 is 1.21 bits per heavy atom. The van der Waals surface area contributed by atoms with Crippen molar-refractivity contribution in [3.05, 3.63) is 16.3 Å². The largest absolute Gasteiger partial charge is 0.395 e. The first-order valence-corrected chi connectivity index (χ1v) is 9.69. The Kier molecular flexibility index (Phi) is 5.37. The summed E-state index contributed by atoms with van der Waals surface area (Å²) < 4.78 is 0. The maximum atomic E-state index is 9.50. The molecular formula is C18H28N4OS. The zero-order valence-electron chi connectivity index (χ0n) is 15.2. The monoisotopic (exact) mass is 348 g/mol. The van der Waals surface area contributed by atoms with Crippen LogP contribution in [0.4, 0.5) is 5.82 Å². The van der Waals surface area contributed by atoms with Gasteiger partial charge in [0.1, 0.15) is 16.5 Å². The molecule has 0 unspecified atom stereocenters. The number of thiophene rings is 1. The van der Waals surface area contributed by atoms with Gasteiger partial charge in [0.15, 0.2) is 0 Å². The molecule has 0 atom stereocenters. The summed E-state index contributed by atoms with van der Waals surface area (Å²) in [7, 11) is 0. The fourth-order valence-electron chi connectivity index (χ4n) is 3.41. The van der Waals surface area contributed by atoms with Crippen LogP contribution in [-0.2, 0) is 6.54 Å². The number of nitrogens with zero attached hydrogens (tertiary/aromatic N) is 4. The van der Waals surface area contributed by atoms with Gasteiger partial charge < -0.3 is 10.0 Å². The van der Waals surface area contributed by atoms with Gasteiger partial charge in [-0.15, -0.1) is 11.3 Å². The van der Waals surface area contributed by atoms with Crippen molar-refractivity contribution in [3.63, 3.8) is 0 Å². The Morgan fingerprint density at radius 3 is 2.54 bits per heavy atom. The molecule has 0 amide bonds. The van der Waals surface area contributed by atoms with Gasteiger partial charge in [0.25, 0.3) is 0 Å². The van der Waals surface area contributed by atoms with E-state index in [1.165, 1.54) is 23.3 Å². The zero-order chi connectivity index (χ0) is 17.3. The van der Waals surface area contributed by atoms with Crippen molar-refractivity contribution in [1.82, 2.24) is 14.9 Å². The summed E-state index contributed by atoms with van der Waals surface area (Å²) in [6, 6.07) is 0.287. The van der Waals surface area contributed by atoms with Gasteiger partial charge in [-0.2, -0.15) is 0 Å². The maximum Gasteiger partial charge on any atom is 0.146 e. The van der Waals surface area contributed by atoms with Gasteiger partial charge in [0.05, 0.1) is 18.5 Å². The Hall–Kier alpha value is -1.24. The zero-order valence-corrected chi connectivity index (χ0v) is 16.0. The van der Waals surface area contributed by atoms with Crippen molar-refractivity contribution in [3.8, 4) is 0 Å². The first-order chi connectivity index (χ1) is 11.5. The molecule has 1 aliphatic heterocycles. The number of hydrogen-bond acceptors (Lipinski definition) is 6. The van der Waals surface area contributed by atoms with Crippen LogP contribution in [0, 0.1) is 13.8 Å². The number of aryl methyl sites for hydroxylation is 2. The Labute approximate surface area is 148 Å². The van der Waals surface area contributed by atoms with E-state index < -0.39 is 0 Å². The van der Waals surface area contributed by atoms with Crippen molar-refractivity contribution < 1.29 is 5.11 Å². The summed E-state index contributed by atoms with van der Waals surface area (Å²) in [6.07, 6.45) is 2.55. The van der Waals surface area contributed by atoms with Gasteiger partial charge >= 0.3 is 0 Å². The van der Waals surface area contributed by atoms with E-state index in [4.69, 9.17) is 9.97 Å². The molecule has 0 spiro atoms. The first kappa shape index (κ1) is 17.6. The van der Waals surface area contributed by atoms with E-state index in [9.17, 15) is 5.11 Å². The van der Waals surface area contributed by atoms with Gasteiger partial charge in [-0.25, -0.2) is 9.97 Å². The van der Waals surface area contributed by atoms with Gasteiger partial charge in [0.2, 0.25) is 0 Å². The number of aromatic nitrogens is 2. The van der Waals surface area contributed by atoms with E-state index in [2.05, 4.69) is 37.5 Å². The van der Waals surface area contributed by atoms with Crippen molar-refractivity contribution in [2.24, 2.45) is 0 Å². The molecule has 1 aliphatic rings. The third-order valence-electron chi connectivity index (χ3n) is 4.86. The average Bonchev–Trinajstić information content (AvgIpc) is 3.13. The lowest BCUT2D eigenvalue weighted by Crippen LogP contribution is -2.34. The van der Waals surface area contributed by atoms with Gasteiger partial charge in [0, 0.05) is 17.5 Å². The number of anilines is 1. The highest BCUT2D eigenvalue weighted by atomic mass is 32.1. The summed E-state index contributed by atoms with van der Waals surface area (Å²) in [5, 5.41) is 10.7. The van der Waals surface area contributed by atoms with Gasteiger partial charge in [-0.3, -0.25) is 4.90 Å². The normalized spacial score (nSPS) is 15.8. The molecule has 132 valence electrons. The van der Waals surface area contributed by atoms with E-state index >= 15 is 0 Å². The minimum absolute atomic E-state index is 0.132. The molecule has 1 N–H and O–H groups in total. The van der Waals surface area contributed by atoms with Crippen LogP contribution >= 0.6 is 11.3 Å². The second kappa shape index (κ2) is 7.33. The van der Waals surface area contributed by atoms with E-state index in [-0.39, 0.29) is 12.6 Å². The maximum absolute atomic E-state index is 9.50. The van der Waals surface area contributed by atoms with E-state index in [0.29, 0.717) is 6.54 Å². The molecule has 0 radical (unpaired) electrons. The molecule has 3 rings (SSSR count). The fraction of sp³-hybridized carbons (Fsp3) is 0.667. The summed E-state index contributed by atoms with van der Waals surface area (Å²) in [5.74, 6) is 1.89. The van der Waals surface area contributed by atoms with Crippen LogP contribution in [0.1, 0.15) is 43.0 Å². The lowest BCUT2D eigenvalue weighted by molar-refractivity contribution is 0.298. The highest BCUT2D eigenvalue weighted by Gasteiger charge is 2.22. The third-order valence-corrected chi connectivity index (χ3v) is 5.96. The molecule has 0 bridgehead atoms. The van der Waals surface area contributed by atoms with Crippen molar-refractivity contribution in [2.75, 3.05) is 31.1 Å². The molecule has 24 heavy (non-hydrogen) atoms. The quantitative estimate of drug-likeness (QED) is 0.869. The number of likely N-dealkylation sites (tertiary alicyclic amines) is 1. The van der Waals surface area contributed by atoms with Crippen molar-refractivity contribution in [1.29, 1.82) is 0 Å². The van der Waals surface area contributed by atoms with Gasteiger partial charge in [-0.05, 0) is 59.2 Å². The lowest BCUT2D eigenvalue weighted by atomic mass is 10.2. The lowest BCUT2D eigenvalue weighted by Gasteiger charge is -2.28. The van der Waals surface area contributed by atoms with Crippen LogP contribution in [-0.4, -0.2) is 52.3 Å². The molecule has 0 aliphatic carbocycles. The van der Waals surface area contributed by atoms with Gasteiger partial charge in [-0.1, -0.05) is 0 Å². The topological polar surface area (TPSA) is 52.5 Å². The highest BCUT2D eigenvalue weighted by molar-refractivity contribution is 7.18. The van der Waals surface area contributed by atoms with Crippen LogP contribution < -0.4 is 4.90 Å². The Bertz CT molecular complexity index is 707. The van der Waals surface area contributed by atoms with E-state index in [1.807, 2.05) is 0 Å². The molecule has 2 aromatic rings. The average molecular weight is 349 g/mol. The van der Waals surface area contributed by atoms with Crippen LogP contribution in [0.3, 0.4) is 0 Å². The summed E-state index contributed by atoms with van der Waals surface area (Å²) >= 11 is 1.75. The Balaban J connectivity index is 2.08. The molecule has 0 aromatic carbocycles. The highest BCUT2D eigenvalue weighted by Crippen LogP contribution is 2.35. The number of aliphatic hydroxyl groups is 1. The van der Waals surface area contributed by atoms with Crippen LogP contribution in [0.2, 0.25) is 0 Å². The Morgan fingerprint density at radius 2 is 1.92 bits per heavy atom. The molecule has 1 fully saturated rings. The minimum atomic E-state index is 0.132. The summed E-state index contributed by atoms with van der Waals surface area (Å²) in [6.45, 7) is 12.4. The predicted molar refractivity (Wildman–Crippen MR) is 101 cm³/mol. The third kappa shape index (κ3) is 3.41. The molecular weight excluding hydrogens is 320 g/mol. The predicted octanol–water partition coefficient (Wildman–Crippen LogP) is 3.11. The summed E-state index contributed by atoms with van der Waals surface area (Å²) in [4.78, 5) is 16.8. The molecule has 0 saturated carbocycles. The minimum Gasteiger partial charge on any atom is -0.395 e. The van der Waals surface area contributed by atoms with Crippen LogP contribution in [0.25, 0.3) is 10.2 Å². The van der Waals surface area contributed by atoms with Crippen molar-refractivity contribution >= 4 is 27.4 Å². The first-order valence-electron chi connectivity index (χ1n) is 8.87. The molecule has 1 saturated heterocycles. The molecule has 3 heterocycles. The van der Waals surface area contributed by atoms with E-state index in [1.54, 1.807) is 11.3 Å². The molecule has 5 nitrogen and oxygen atoms in total.